The van der Waals surface area contributed by atoms with Crippen LogP contribution in [0.15, 0.2) is 28.8 Å². The third-order valence-electron chi connectivity index (χ3n) is 4.03. The molecule has 1 aliphatic heterocycles. The molecule has 0 unspecified atom stereocenters. The number of aromatic nitrogens is 2. The largest absolute Gasteiger partial charge is 0.340 e. The summed E-state index contributed by atoms with van der Waals surface area (Å²) in [6, 6.07) is 8.00. The zero-order valence-corrected chi connectivity index (χ0v) is 13.0. The molecule has 0 N–H and O–H groups in total. The van der Waals surface area contributed by atoms with Crippen LogP contribution in [0.3, 0.4) is 0 Å². The highest BCUT2D eigenvalue weighted by molar-refractivity contribution is 5.73. The van der Waals surface area contributed by atoms with Gasteiger partial charge in [-0.2, -0.15) is 4.98 Å². The molecule has 1 amide bonds. The fourth-order valence-corrected chi connectivity index (χ4v) is 2.66. The highest BCUT2D eigenvalue weighted by Crippen LogP contribution is 2.20. The van der Waals surface area contributed by atoms with Crippen molar-refractivity contribution in [1.82, 2.24) is 19.9 Å². The average Bonchev–Trinajstić information content (AvgIpc) is 2.96. The smallest absolute Gasteiger partial charge is 0.241 e. The second-order valence-corrected chi connectivity index (χ2v) is 5.61. The Kier molecular flexibility index (Phi) is 4.20. The van der Waals surface area contributed by atoms with Gasteiger partial charge in [-0.25, -0.2) is 0 Å². The number of carbonyl (C=O) groups is 1. The lowest BCUT2D eigenvalue weighted by atomic mass is 10.1. The molecule has 0 atom stereocenters. The molecule has 0 spiro atoms. The molecule has 3 rings (SSSR count). The van der Waals surface area contributed by atoms with Crippen LogP contribution >= 0.6 is 0 Å². The lowest BCUT2D eigenvalue weighted by molar-refractivity contribution is -0.130. The molecule has 1 fully saturated rings. The number of aryl methyl sites for hydroxylation is 1. The van der Waals surface area contributed by atoms with Gasteiger partial charge in [-0.3, -0.25) is 9.69 Å². The minimum absolute atomic E-state index is 0.138. The van der Waals surface area contributed by atoms with Crippen molar-refractivity contribution in [3.8, 4) is 11.4 Å². The van der Waals surface area contributed by atoms with Crippen LogP contribution in [0, 0.1) is 6.92 Å². The van der Waals surface area contributed by atoms with Gasteiger partial charge in [-0.15, -0.1) is 0 Å². The van der Waals surface area contributed by atoms with E-state index in [1.165, 1.54) is 0 Å². The minimum Gasteiger partial charge on any atom is -0.340 e. The van der Waals surface area contributed by atoms with Crippen LogP contribution < -0.4 is 0 Å². The van der Waals surface area contributed by atoms with E-state index in [2.05, 4.69) is 15.0 Å². The van der Waals surface area contributed by atoms with E-state index < -0.39 is 0 Å². The Hall–Kier alpha value is -2.21. The lowest BCUT2D eigenvalue weighted by Gasteiger charge is -2.33. The topological polar surface area (TPSA) is 62.5 Å². The van der Waals surface area contributed by atoms with Gasteiger partial charge >= 0.3 is 0 Å². The van der Waals surface area contributed by atoms with Gasteiger partial charge in [0.2, 0.25) is 17.6 Å². The molecule has 116 valence electrons. The monoisotopic (exact) mass is 300 g/mol. The molecule has 22 heavy (non-hydrogen) atoms. The summed E-state index contributed by atoms with van der Waals surface area (Å²) in [6.45, 7) is 7.46. The normalized spacial score (nSPS) is 16.0. The van der Waals surface area contributed by atoms with Crippen molar-refractivity contribution < 1.29 is 9.32 Å². The van der Waals surface area contributed by atoms with Gasteiger partial charge in [-0.1, -0.05) is 29.4 Å². The van der Waals surface area contributed by atoms with E-state index in [1.54, 1.807) is 6.92 Å². The maximum absolute atomic E-state index is 11.3. The van der Waals surface area contributed by atoms with Crippen molar-refractivity contribution in [2.24, 2.45) is 0 Å². The molecule has 1 aliphatic rings. The Morgan fingerprint density at radius 2 is 1.95 bits per heavy atom. The number of benzene rings is 1. The van der Waals surface area contributed by atoms with E-state index in [-0.39, 0.29) is 5.91 Å². The highest BCUT2D eigenvalue weighted by Gasteiger charge is 2.20. The summed E-state index contributed by atoms with van der Waals surface area (Å²) in [7, 11) is 0. The molecule has 1 aromatic heterocycles. The Morgan fingerprint density at radius 3 is 2.64 bits per heavy atom. The molecule has 0 aliphatic carbocycles. The van der Waals surface area contributed by atoms with Crippen molar-refractivity contribution >= 4 is 5.91 Å². The van der Waals surface area contributed by atoms with Crippen molar-refractivity contribution in [2.75, 3.05) is 26.2 Å². The van der Waals surface area contributed by atoms with Gasteiger partial charge < -0.3 is 9.42 Å². The number of nitrogens with zero attached hydrogens (tertiary/aromatic N) is 4. The quantitative estimate of drug-likeness (QED) is 0.863. The molecule has 0 saturated carbocycles. The van der Waals surface area contributed by atoms with Crippen LogP contribution in [0.25, 0.3) is 11.4 Å². The molecular formula is C16H20N4O2. The molecule has 0 bridgehead atoms. The van der Waals surface area contributed by atoms with Crippen LogP contribution in [0.2, 0.25) is 0 Å². The summed E-state index contributed by atoms with van der Waals surface area (Å²) in [5.74, 6) is 1.39. The predicted molar refractivity (Wildman–Crippen MR) is 82.0 cm³/mol. The van der Waals surface area contributed by atoms with Gasteiger partial charge in [0.1, 0.15) is 0 Å². The molecule has 2 aromatic rings. The number of piperazine rings is 1. The van der Waals surface area contributed by atoms with Crippen molar-refractivity contribution in [2.45, 2.75) is 20.4 Å². The highest BCUT2D eigenvalue weighted by atomic mass is 16.5. The molecule has 1 saturated heterocycles. The van der Waals surface area contributed by atoms with Gasteiger partial charge in [0, 0.05) is 38.7 Å². The summed E-state index contributed by atoms with van der Waals surface area (Å²) >= 11 is 0. The van der Waals surface area contributed by atoms with Crippen molar-refractivity contribution in [3.63, 3.8) is 0 Å². The van der Waals surface area contributed by atoms with Crippen LogP contribution in [0.1, 0.15) is 18.4 Å². The summed E-state index contributed by atoms with van der Waals surface area (Å²) in [5.41, 5.74) is 2.13. The first-order valence-electron chi connectivity index (χ1n) is 7.50. The van der Waals surface area contributed by atoms with E-state index >= 15 is 0 Å². The zero-order chi connectivity index (χ0) is 15.5. The lowest BCUT2D eigenvalue weighted by Crippen LogP contribution is -2.47. The summed E-state index contributed by atoms with van der Waals surface area (Å²) in [6.07, 6.45) is 0. The Balaban J connectivity index is 1.63. The van der Waals surface area contributed by atoms with E-state index in [1.807, 2.05) is 36.1 Å². The number of amides is 1. The van der Waals surface area contributed by atoms with Gasteiger partial charge in [0.05, 0.1) is 6.54 Å². The first-order valence-corrected chi connectivity index (χ1v) is 7.50. The molecule has 6 nitrogen and oxygen atoms in total. The van der Waals surface area contributed by atoms with Crippen molar-refractivity contribution in [3.05, 3.63) is 35.7 Å². The fraction of sp³-hybridized carbons (Fsp3) is 0.438. The van der Waals surface area contributed by atoms with Crippen LogP contribution in [-0.2, 0) is 11.3 Å². The van der Waals surface area contributed by atoms with Gasteiger partial charge in [-0.05, 0) is 12.5 Å². The number of carbonyl (C=O) groups excluding carboxylic acids is 1. The van der Waals surface area contributed by atoms with Gasteiger partial charge in [0.15, 0.2) is 0 Å². The van der Waals surface area contributed by atoms with Crippen LogP contribution in [0.5, 0.6) is 0 Å². The van der Waals surface area contributed by atoms with Crippen LogP contribution in [0.4, 0.5) is 0 Å². The molecule has 2 heterocycles. The molecule has 0 radical (unpaired) electrons. The second kappa shape index (κ2) is 6.27. The summed E-state index contributed by atoms with van der Waals surface area (Å²) in [5, 5.41) is 4.08. The maximum Gasteiger partial charge on any atom is 0.241 e. The van der Waals surface area contributed by atoms with E-state index in [9.17, 15) is 4.79 Å². The van der Waals surface area contributed by atoms with E-state index in [0.29, 0.717) is 18.3 Å². The molecular weight excluding hydrogens is 280 g/mol. The van der Waals surface area contributed by atoms with Gasteiger partial charge in [0.25, 0.3) is 0 Å². The first kappa shape index (κ1) is 14.7. The number of hydrogen-bond donors (Lipinski definition) is 0. The molecule has 6 heteroatoms. The average molecular weight is 300 g/mol. The van der Waals surface area contributed by atoms with Crippen LogP contribution in [-0.4, -0.2) is 52.0 Å². The predicted octanol–water partition coefficient (Wildman–Crippen LogP) is 1.71. The Bertz CT molecular complexity index is 660. The molecule has 1 aromatic carbocycles. The minimum atomic E-state index is 0.138. The summed E-state index contributed by atoms with van der Waals surface area (Å²) in [4.78, 5) is 19.9. The summed E-state index contributed by atoms with van der Waals surface area (Å²) < 4.78 is 5.37. The van der Waals surface area contributed by atoms with Crippen molar-refractivity contribution in [1.29, 1.82) is 0 Å². The Morgan fingerprint density at radius 1 is 1.23 bits per heavy atom. The SMILES string of the molecule is CC(=O)N1CCN(Cc2nc(-c3ccccc3C)no2)CC1. The maximum atomic E-state index is 11.3. The van der Waals surface area contributed by atoms with E-state index in [4.69, 9.17) is 4.52 Å². The zero-order valence-electron chi connectivity index (χ0n) is 13.0. The first-order chi connectivity index (χ1) is 10.6. The number of rotatable bonds is 3. The third-order valence-corrected chi connectivity index (χ3v) is 4.03. The van der Waals surface area contributed by atoms with E-state index in [0.717, 1.165) is 37.3 Å². The fourth-order valence-electron chi connectivity index (χ4n) is 2.66. The standard InChI is InChI=1S/C16H20N4O2/c1-12-5-3-4-6-14(12)16-17-15(22-18-16)11-19-7-9-20(10-8-19)13(2)21/h3-6H,7-11H2,1-2H3. The number of hydrogen-bond acceptors (Lipinski definition) is 5. The third kappa shape index (κ3) is 3.17. The second-order valence-electron chi connectivity index (χ2n) is 5.61. The Labute approximate surface area is 129 Å².